The SMILES string of the molecule is O=C(Nc1ccc2ncccc2c1)c1cc(C(=O)Nc2ccc3ncccc3c2)cc(C(=O)Nc2ccc3ncccc3c2)c1. The number of nitrogens with one attached hydrogen (secondary N) is 3. The number of hydrogen-bond donors (Lipinski definition) is 3. The van der Waals surface area contributed by atoms with Gasteiger partial charge in [-0.2, -0.15) is 0 Å². The summed E-state index contributed by atoms with van der Waals surface area (Å²) >= 11 is 0. The molecule has 0 bridgehead atoms. The predicted octanol–water partition coefficient (Wildman–Crippen LogP) is 7.09. The third kappa shape index (κ3) is 5.91. The molecule has 4 aromatic carbocycles. The molecular weight excluding hydrogens is 564 g/mol. The quantitative estimate of drug-likeness (QED) is 0.190. The van der Waals surface area contributed by atoms with Crippen LogP contribution in [0.5, 0.6) is 0 Å². The van der Waals surface area contributed by atoms with Crippen LogP contribution >= 0.6 is 0 Å². The highest BCUT2D eigenvalue weighted by Gasteiger charge is 2.18. The summed E-state index contributed by atoms with van der Waals surface area (Å²) in [6.45, 7) is 0. The monoisotopic (exact) mass is 588 g/mol. The van der Waals surface area contributed by atoms with Gasteiger partial charge in [0, 0.05) is 68.5 Å². The molecule has 0 aliphatic rings. The van der Waals surface area contributed by atoms with Crippen molar-refractivity contribution in [1.29, 1.82) is 0 Å². The van der Waals surface area contributed by atoms with Crippen molar-refractivity contribution < 1.29 is 14.4 Å². The van der Waals surface area contributed by atoms with Crippen molar-refractivity contribution in [3.05, 3.63) is 144 Å². The average Bonchev–Trinajstić information content (AvgIpc) is 3.08. The van der Waals surface area contributed by atoms with Crippen molar-refractivity contribution in [2.24, 2.45) is 0 Å². The topological polar surface area (TPSA) is 126 Å². The second-order valence-corrected chi connectivity index (χ2v) is 10.4. The number of carbonyl (C=O) groups excluding carboxylic acids is 3. The molecule has 0 spiro atoms. The maximum atomic E-state index is 13.5. The number of fused-ring (bicyclic) bond motifs is 3. The Morgan fingerprint density at radius 3 is 1.02 bits per heavy atom. The highest BCUT2D eigenvalue weighted by atomic mass is 16.2. The van der Waals surface area contributed by atoms with Gasteiger partial charge in [0.25, 0.3) is 17.7 Å². The van der Waals surface area contributed by atoms with Crippen molar-refractivity contribution in [3.8, 4) is 0 Å². The van der Waals surface area contributed by atoms with Crippen molar-refractivity contribution in [1.82, 2.24) is 15.0 Å². The zero-order chi connectivity index (χ0) is 30.8. The van der Waals surface area contributed by atoms with Crippen molar-refractivity contribution in [2.75, 3.05) is 16.0 Å². The van der Waals surface area contributed by atoms with Gasteiger partial charge >= 0.3 is 0 Å². The largest absolute Gasteiger partial charge is 0.322 e. The van der Waals surface area contributed by atoms with Crippen molar-refractivity contribution in [3.63, 3.8) is 0 Å². The average molecular weight is 589 g/mol. The van der Waals surface area contributed by atoms with Crippen LogP contribution < -0.4 is 16.0 Å². The number of benzene rings is 4. The van der Waals surface area contributed by atoms with E-state index >= 15 is 0 Å². The highest BCUT2D eigenvalue weighted by Crippen LogP contribution is 2.23. The Morgan fingerprint density at radius 2 is 0.711 bits per heavy atom. The van der Waals surface area contributed by atoms with E-state index in [0.29, 0.717) is 17.1 Å². The van der Waals surface area contributed by atoms with Gasteiger partial charge in [-0.1, -0.05) is 18.2 Å². The van der Waals surface area contributed by atoms with Crippen LogP contribution in [0.1, 0.15) is 31.1 Å². The van der Waals surface area contributed by atoms with Gasteiger partial charge in [0.2, 0.25) is 0 Å². The number of nitrogens with zero attached hydrogens (tertiary/aromatic N) is 3. The molecule has 3 amide bonds. The zero-order valence-electron chi connectivity index (χ0n) is 23.7. The summed E-state index contributed by atoms with van der Waals surface area (Å²) in [4.78, 5) is 53.5. The number of carbonyl (C=O) groups is 3. The minimum absolute atomic E-state index is 0.143. The minimum Gasteiger partial charge on any atom is -0.322 e. The molecular formula is C36H24N6O3. The Hall–Kier alpha value is -6.48. The lowest BCUT2D eigenvalue weighted by atomic mass is 10.0. The number of aromatic nitrogens is 3. The third-order valence-electron chi connectivity index (χ3n) is 7.30. The summed E-state index contributed by atoms with van der Waals surface area (Å²) in [5.41, 5.74) is 4.47. The van der Waals surface area contributed by atoms with Crippen LogP contribution in [0.3, 0.4) is 0 Å². The Balaban J connectivity index is 1.21. The van der Waals surface area contributed by atoms with Crippen LogP contribution in [0.15, 0.2) is 128 Å². The Labute approximate surface area is 257 Å². The predicted molar refractivity (Wildman–Crippen MR) is 176 cm³/mol. The summed E-state index contributed by atoms with van der Waals surface area (Å²) in [7, 11) is 0. The molecule has 9 heteroatoms. The van der Waals surface area contributed by atoms with E-state index in [-0.39, 0.29) is 16.7 Å². The van der Waals surface area contributed by atoms with Gasteiger partial charge in [-0.05, 0) is 91.0 Å². The van der Waals surface area contributed by atoms with E-state index in [1.54, 1.807) is 36.8 Å². The Morgan fingerprint density at radius 1 is 0.400 bits per heavy atom. The molecule has 9 nitrogen and oxygen atoms in total. The lowest BCUT2D eigenvalue weighted by Crippen LogP contribution is -2.19. The number of anilines is 3. The molecule has 7 rings (SSSR count). The second-order valence-electron chi connectivity index (χ2n) is 10.4. The highest BCUT2D eigenvalue weighted by molar-refractivity contribution is 6.13. The smallest absolute Gasteiger partial charge is 0.255 e. The van der Waals surface area contributed by atoms with Crippen LogP contribution in [0.2, 0.25) is 0 Å². The molecule has 0 aliphatic heterocycles. The van der Waals surface area contributed by atoms with E-state index in [1.807, 2.05) is 72.8 Å². The van der Waals surface area contributed by atoms with Crippen LogP contribution in [-0.2, 0) is 0 Å². The fraction of sp³-hybridized carbons (Fsp3) is 0. The molecule has 0 saturated heterocycles. The summed E-state index contributed by atoms with van der Waals surface area (Å²) < 4.78 is 0. The molecule has 0 aliphatic carbocycles. The van der Waals surface area contributed by atoms with Crippen LogP contribution in [0.4, 0.5) is 17.1 Å². The molecule has 0 atom stereocenters. The van der Waals surface area contributed by atoms with Gasteiger partial charge in [-0.3, -0.25) is 29.3 Å². The van der Waals surface area contributed by atoms with Crippen LogP contribution in [0.25, 0.3) is 32.7 Å². The van der Waals surface area contributed by atoms with Gasteiger partial charge in [0.15, 0.2) is 0 Å². The first-order valence-electron chi connectivity index (χ1n) is 14.1. The first kappa shape index (κ1) is 27.4. The fourth-order valence-corrected chi connectivity index (χ4v) is 5.09. The van der Waals surface area contributed by atoms with Gasteiger partial charge in [0.1, 0.15) is 0 Å². The van der Waals surface area contributed by atoms with Crippen LogP contribution in [-0.4, -0.2) is 32.7 Å². The van der Waals surface area contributed by atoms with E-state index in [2.05, 4.69) is 30.9 Å². The Kier molecular flexibility index (Phi) is 7.09. The van der Waals surface area contributed by atoms with E-state index in [1.165, 1.54) is 18.2 Å². The van der Waals surface area contributed by atoms with Gasteiger partial charge in [-0.15, -0.1) is 0 Å². The first-order valence-corrected chi connectivity index (χ1v) is 14.1. The van der Waals surface area contributed by atoms with Gasteiger partial charge < -0.3 is 16.0 Å². The van der Waals surface area contributed by atoms with E-state index in [9.17, 15) is 14.4 Å². The number of hydrogen-bond acceptors (Lipinski definition) is 6. The molecule has 3 aromatic heterocycles. The van der Waals surface area contributed by atoms with Gasteiger partial charge in [-0.25, -0.2) is 0 Å². The Bertz CT molecular complexity index is 2020. The molecule has 0 saturated carbocycles. The van der Waals surface area contributed by atoms with Gasteiger partial charge in [0.05, 0.1) is 16.6 Å². The number of amides is 3. The molecule has 216 valence electrons. The summed E-state index contributed by atoms with van der Waals surface area (Å²) in [6, 6.07) is 31.7. The molecule has 45 heavy (non-hydrogen) atoms. The van der Waals surface area contributed by atoms with Crippen molar-refractivity contribution >= 4 is 67.5 Å². The molecule has 7 aromatic rings. The molecule has 0 unspecified atom stereocenters. The maximum absolute atomic E-state index is 13.5. The molecule has 3 heterocycles. The molecule has 3 N–H and O–H groups in total. The van der Waals surface area contributed by atoms with E-state index in [0.717, 1.165) is 32.7 Å². The van der Waals surface area contributed by atoms with Crippen LogP contribution in [0, 0.1) is 0 Å². The lowest BCUT2D eigenvalue weighted by Gasteiger charge is -2.12. The van der Waals surface area contributed by atoms with E-state index < -0.39 is 17.7 Å². The fourth-order valence-electron chi connectivity index (χ4n) is 5.09. The summed E-state index contributed by atoms with van der Waals surface area (Å²) in [6.07, 6.45) is 5.11. The zero-order valence-corrected chi connectivity index (χ0v) is 23.7. The number of pyridine rings is 3. The standard InChI is InChI=1S/C36H24N6O3/c43-34(40-28-7-10-31-22(19-28)4-1-13-37-31)25-16-26(35(44)41-29-8-11-32-23(20-29)5-2-14-38-32)18-27(17-25)36(45)42-30-9-12-33-24(21-30)6-3-15-39-33/h1-21H,(H,40,43)(H,41,44)(H,42,45). The second kappa shape index (κ2) is 11.7. The van der Waals surface area contributed by atoms with E-state index in [4.69, 9.17) is 0 Å². The summed E-state index contributed by atoms with van der Waals surface area (Å²) in [5, 5.41) is 11.2. The normalized spacial score (nSPS) is 10.9. The first-order chi connectivity index (χ1) is 22.0. The molecule has 0 fully saturated rings. The number of rotatable bonds is 6. The summed E-state index contributed by atoms with van der Waals surface area (Å²) in [5.74, 6) is -1.43. The lowest BCUT2D eigenvalue weighted by molar-refractivity contribution is 0.102. The maximum Gasteiger partial charge on any atom is 0.255 e. The minimum atomic E-state index is -0.476. The third-order valence-corrected chi connectivity index (χ3v) is 7.30. The molecule has 0 radical (unpaired) electrons. The van der Waals surface area contributed by atoms with Crippen molar-refractivity contribution in [2.45, 2.75) is 0 Å².